The molecule has 1 unspecified atom stereocenters. The largest absolute Gasteiger partial charge is 0.362 e. The van der Waals surface area contributed by atoms with E-state index in [4.69, 9.17) is 0 Å². The molecule has 0 saturated carbocycles. The molecule has 1 heterocycles. The summed E-state index contributed by atoms with van der Waals surface area (Å²) in [5.41, 5.74) is 1.16. The average Bonchev–Trinajstić information content (AvgIpc) is 2.33. The van der Waals surface area contributed by atoms with Crippen molar-refractivity contribution < 1.29 is 0 Å². The Labute approximate surface area is 82.2 Å². The molecule has 0 amide bonds. The quantitative estimate of drug-likeness (QED) is 0.648. The van der Waals surface area contributed by atoms with Gasteiger partial charge in [-0.1, -0.05) is 46.4 Å². The Morgan fingerprint density at radius 1 is 1.38 bits per heavy atom. The van der Waals surface area contributed by atoms with Gasteiger partial charge in [-0.3, -0.25) is 0 Å². The van der Waals surface area contributed by atoms with Gasteiger partial charge >= 0.3 is 0 Å². The minimum atomic E-state index is 0.201. The minimum absolute atomic E-state index is 0.201. The van der Waals surface area contributed by atoms with Crippen LogP contribution in [-0.4, -0.2) is 0 Å². The Hall–Kier alpha value is -0.980. The van der Waals surface area contributed by atoms with Gasteiger partial charge in [0.15, 0.2) is 0 Å². The van der Waals surface area contributed by atoms with E-state index in [1.54, 1.807) is 0 Å². The van der Waals surface area contributed by atoms with Crippen LogP contribution in [0.15, 0.2) is 36.7 Å². The second-order valence-electron chi connectivity index (χ2n) is 3.20. The summed E-state index contributed by atoms with van der Waals surface area (Å²) >= 11 is 0. The molecule has 0 aromatic rings. The lowest BCUT2D eigenvalue weighted by Gasteiger charge is -2.17. The van der Waals surface area contributed by atoms with Crippen LogP contribution in [0.5, 0.6) is 0 Å². The van der Waals surface area contributed by atoms with Crippen molar-refractivity contribution in [2.75, 3.05) is 0 Å². The minimum Gasteiger partial charge on any atom is -0.362 e. The number of hydrogen-bond acceptors (Lipinski definition) is 1. The van der Waals surface area contributed by atoms with Crippen molar-refractivity contribution in [3.8, 4) is 0 Å². The molecule has 1 nitrogen and oxygen atoms in total. The third-order valence-corrected chi connectivity index (χ3v) is 2.16. The maximum Gasteiger partial charge on any atom is 0.0303 e. The summed E-state index contributed by atoms with van der Waals surface area (Å²) in [5, 5.41) is 3.07. The van der Waals surface area contributed by atoms with Crippen molar-refractivity contribution in [3.05, 3.63) is 36.7 Å². The lowest BCUT2D eigenvalue weighted by molar-refractivity contribution is 0.530. The molecule has 13 heavy (non-hydrogen) atoms. The molecule has 0 radical (unpaired) electrons. The fourth-order valence-corrected chi connectivity index (χ4v) is 0.969. The summed E-state index contributed by atoms with van der Waals surface area (Å²) in [7, 11) is 0. The molecule has 1 N–H and O–H groups in total. The zero-order valence-corrected chi connectivity index (χ0v) is 9.22. The summed E-state index contributed by atoms with van der Waals surface area (Å²) in [5.74, 6) is 0. The van der Waals surface area contributed by atoms with E-state index < -0.39 is 0 Å². The molecular weight excluding hydrogens is 158 g/mol. The fraction of sp³-hybridized carbons (Fsp3) is 0.500. The van der Waals surface area contributed by atoms with Crippen molar-refractivity contribution in [3.63, 3.8) is 0 Å². The third kappa shape index (κ3) is 3.97. The van der Waals surface area contributed by atoms with E-state index in [1.165, 1.54) is 0 Å². The summed E-state index contributed by atoms with van der Waals surface area (Å²) in [4.78, 5) is 0. The van der Waals surface area contributed by atoms with Crippen molar-refractivity contribution in [1.29, 1.82) is 0 Å². The lowest BCUT2D eigenvalue weighted by Crippen LogP contribution is -2.06. The third-order valence-electron chi connectivity index (χ3n) is 2.16. The van der Waals surface area contributed by atoms with E-state index in [0.717, 1.165) is 12.1 Å². The smallest absolute Gasteiger partial charge is 0.0303 e. The maximum absolute atomic E-state index is 3.82. The highest BCUT2D eigenvalue weighted by molar-refractivity contribution is 5.24. The predicted octanol–water partition coefficient (Wildman–Crippen LogP) is 3.62. The van der Waals surface area contributed by atoms with Gasteiger partial charge in [0.1, 0.15) is 0 Å². The van der Waals surface area contributed by atoms with Gasteiger partial charge in [0.2, 0.25) is 0 Å². The highest BCUT2D eigenvalue weighted by Gasteiger charge is 2.14. The van der Waals surface area contributed by atoms with Gasteiger partial charge in [-0.15, -0.1) is 0 Å². The first kappa shape index (κ1) is 12.0. The lowest BCUT2D eigenvalue weighted by atomic mass is 9.87. The van der Waals surface area contributed by atoms with Crippen LogP contribution in [0.1, 0.15) is 34.1 Å². The average molecular weight is 179 g/mol. The van der Waals surface area contributed by atoms with Gasteiger partial charge in [-0.2, -0.15) is 0 Å². The molecule has 1 aliphatic rings. The molecule has 1 aliphatic heterocycles. The first-order chi connectivity index (χ1) is 6.16. The Morgan fingerprint density at radius 3 is 2.54 bits per heavy atom. The first-order valence-corrected chi connectivity index (χ1v) is 4.99. The van der Waals surface area contributed by atoms with Gasteiger partial charge in [0.05, 0.1) is 0 Å². The molecule has 0 saturated heterocycles. The Balaban J connectivity index is 0.000000671. The van der Waals surface area contributed by atoms with Gasteiger partial charge < -0.3 is 5.32 Å². The first-order valence-electron chi connectivity index (χ1n) is 4.99. The summed E-state index contributed by atoms with van der Waals surface area (Å²) < 4.78 is 0. The molecule has 1 heteroatoms. The van der Waals surface area contributed by atoms with E-state index in [-0.39, 0.29) is 5.41 Å². The second kappa shape index (κ2) is 5.63. The molecular formula is C12H21N. The molecule has 0 aromatic carbocycles. The number of rotatable bonds is 1. The van der Waals surface area contributed by atoms with Gasteiger partial charge in [-0.05, 0) is 18.7 Å². The highest BCUT2D eigenvalue weighted by atomic mass is 14.8. The van der Waals surface area contributed by atoms with Crippen LogP contribution in [0.3, 0.4) is 0 Å². The fourth-order valence-electron chi connectivity index (χ4n) is 0.969. The summed E-state index contributed by atoms with van der Waals surface area (Å²) in [6.45, 7) is 12.2. The van der Waals surface area contributed by atoms with Gasteiger partial charge in [0, 0.05) is 11.1 Å². The summed E-state index contributed by atoms with van der Waals surface area (Å²) in [6.07, 6.45) is 9.47. The van der Waals surface area contributed by atoms with Crippen molar-refractivity contribution >= 4 is 0 Å². The van der Waals surface area contributed by atoms with Crippen LogP contribution in [0.4, 0.5) is 0 Å². The zero-order valence-electron chi connectivity index (χ0n) is 9.22. The molecule has 0 aromatic heterocycles. The van der Waals surface area contributed by atoms with Crippen LogP contribution in [0.2, 0.25) is 0 Å². The van der Waals surface area contributed by atoms with Crippen molar-refractivity contribution in [2.24, 2.45) is 5.41 Å². The van der Waals surface area contributed by atoms with E-state index in [9.17, 15) is 0 Å². The molecule has 0 aliphatic carbocycles. The molecule has 1 rings (SSSR count). The van der Waals surface area contributed by atoms with Crippen LogP contribution < -0.4 is 5.32 Å². The standard InChI is InChI=1S/C10H15N.C2H6/c1-4-10(3)6-5-9(2)11-8-7-10;1-2/h5-8,11H,2,4H2,1,3H3;1-2H3. The predicted molar refractivity (Wildman–Crippen MR) is 60.3 cm³/mol. The second-order valence-corrected chi connectivity index (χ2v) is 3.20. The van der Waals surface area contributed by atoms with E-state index in [1.807, 2.05) is 26.1 Å². The van der Waals surface area contributed by atoms with E-state index >= 15 is 0 Å². The summed E-state index contributed by atoms with van der Waals surface area (Å²) in [6, 6.07) is 0. The normalized spacial score (nSPS) is 25.7. The molecule has 1 atom stereocenters. The van der Waals surface area contributed by atoms with Crippen LogP contribution in [0, 0.1) is 5.41 Å². The molecule has 0 bridgehead atoms. The monoisotopic (exact) mass is 179 g/mol. The highest BCUT2D eigenvalue weighted by Crippen LogP contribution is 2.26. The van der Waals surface area contributed by atoms with Crippen LogP contribution in [0.25, 0.3) is 0 Å². The topological polar surface area (TPSA) is 12.0 Å². The maximum atomic E-state index is 3.82. The van der Waals surface area contributed by atoms with Crippen molar-refractivity contribution in [2.45, 2.75) is 34.1 Å². The molecule has 0 fully saturated rings. The number of hydrogen-bond donors (Lipinski definition) is 1. The van der Waals surface area contributed by atoms with Crippen LogP contribution >= 0.6 is 0 Å². The van der Waals surface area contributed by atoms with Gasteiger partial charge in [-0.25, -0.2) is 0 Å². The Kier molecular flexibility index (Phi) is 5.20. The number of allylic oxidation sites excluding steroid dienone is 3. The van der Waals surface area contributed by atoms with E-state index in [0.29, 0.717) is 0 Å². The van der Waals surface area contributed by atoms with Crippen molar-refractivity contribution in [1.82, 2.24) is 5.32 Å². The van der Waals surface area contributed by atoms with Crippen LogP contribution in [-0.2, 0) is 0 Å². The Morgan fingerprint density at radius 2 is 2.00 bits per heavy atom. The van der Waals surface area contributed by atoms with Gasteiger partial charge in [0.25, 0.3) is 0 Å². The molecule has 74 valence electrons. The SMILES string of the molecule is C=C1C=CC(C)(CC)C=CN1.CC. The number of nitrogens with one attached hydrogen (secondary N) is 1. The Bertz CT molecular complexity index is 213. The molecule has 0 spiro atoms. The van der Waals surface area contributed by atoms with E-state index in [2.05, 4.69) is 37.9 Å². The zero-order chi connectivity index (χ0) is 10.3.